The lowest BCUT2D eigenvalue weighted by Crippen LogP contribution is -2.45. The van der Waals surface area contributed by atoms with Gasteiger partial charge in [-0.25, -0.2) is 0 Å². The number of piperidine rings is 1. The van der Waals surface area contributed by atoms with Crippen LogP contribution in [0.1, 0.15) is 24.1 Å². The van der Waals surface area contributed by atoms with E-state index in [-0.39, 0.29) is 11.2 Å². The van der Waals surface area contributed by atoms with Gasteiger partial charge in [0.2, 0.25) is 0 Å². The highest BCUT2D eigenvalue weighted by atomic mass is 16.7. The summed E-state index contributed by atoms with van der Waals surface area (Å²) in [6.45, 7) is 5.83. The molecule has 6 nitrogen and oxygen atoms in total. The van der Waals surface area contributed by atoms with E-state index in [1.807, 2.05) is 19.2 Å². The standard InChI is InChI=1S/C20H23N3O3/c1-13-18-15(4-7-21-13)14-2-3-17(24)16(19(14)22-18)12-23-8-5-20(6-9-23)25-10-11-26-20/h2-4,7,21-22H,5-6,8-12H2,1H3. The highest BCUT2D eigenvalue weighted by Gasteiger charge is 2.39. The number of H-pyrrole nitrogens is 2. The first kappa shape index (κ1) is 16.1. The molecule has 2 aromatic heterocycles. The second kappa shape index (κ2) is 5.94. The Balaban J connectivity index is 1.49. The molecule has 0 amide bonds. The molecule has 6 heteroatoms. The molecule has 26 heavy (non-hydrogen) atoms. The predicted molar refractivity (Wildman–Crippen MR) is 100 cm³/mol. The average Bonchev–Trinajstić information content (AvgIpc) is 3.25. The van der Waals surface area contributed by atoms with E-state index in [9.17, 15) is 4.79 Å². The molecule has 5 rings (SSSR count). The normalized spacial score (nSPS) is 20.5. The van der Waals surface area contributed by atoms with Gasteiger partial charge >= 0.3 is 0 Å². The lowest BCUT2D eigenvalue weighted by atomic mass is 10.0. The fraction of sp³-hybridized carbons (Fsp3) is 0.450. The Morgan fingerprint density at radius 2 is 1.81 bits per heavy atom. The van der Waals surface area contributed by atoms with Gasteiger partial charge in [-0.15, -0.1) is 0 Å². The number of hydrogen-bond donors (Lipinski definition) is 2. The number of rotatable bonds is 2. The number of nitrogens with one attached hydrogen (secondary N) is 2. The van der Waals surface area contributed by atoms with E-state index in [0.717, 1.165) is 59.0 Å². The number of pyridine rings is 1. The number of aryl methyl sites for hydroxylation is 1. The summed E-state index contributed by atoms with van der Waals surface area (Å²) in [5.41, 5.74) is 4.05. The summed E-state index contributed by atoms with van der Waals surface area (Å²) < 4.78 is 11.6. The topological polar surface area (TPSA) is 70.3 Å². The predicted octanol–water partition coefficient (Wildman–Crippen LogP) is 2.66. The minimum Gasteiger partial charge on any atom is -0.364 e. The van der Waals surface area contributed by atoms with Gasteiger partial charge in [-0.1, -0.05) is 0 Å². The number of nitrogens with zero attached hydrogens (tertiary/aromatic N) is 1. The maximum absolute atomic E-state index is 12.6. The number of fused-ring (bicyclic) bond motifs is 3. The van der Waals surface area contributed by atoms with E-state index in [0.29, 0.717) is 19.8 Å². The second-order valence-corrected chi connectivity index (χ2v) is 7.36. The van der Waals surface area contributed by atoms with Crippen molar-refractivity contribution in [2.24, 2.45) is 0 Å². The Morgan fingerprint density at radius 1 is 1.08 bits per heavy atom. The van der Waals surface area contributed by atoms with Crippen molar-refractivity contribution in [2.75, 3.05) is 26.3 Å². The van der Waals surface area contributed by atoms with Crippen molar-refractivity contribution in [2.45, 2.75) is 32.1 Å². The van der Waals surface area contributed by atoms with Crippen LogP contribution in [0, 0.1) is 6.92 Å². The summed E-state index contributed by atoms with van der Waals surface area (Å²) in [5.74, 6) is -0.378. The highest BCUT2D eigenvalue weighted by Crippen LogP contribution is 2.32. The number of aromatic amines is 2. The molecule has 2 aliphatic rings. The van der Waals surface area contributed by atoms with Crippen LogP contribution >= 0.6 is 0 Å². The second-order valence-electron chi connectivity index (χ2n) is 7.36. The molecule has 0 saturated carbocycles. The van der Waals surface area contributed by atoms with Crippen LogP contribution in [0.15, 0.2) is 29.2 Å². The van der Waals surface area contributed by atoms with Crippen LogP contribution in [0.5, 0.6) is 0 Å². The van der Waals surface area contributed by atoms with Gasteiger partial charge in [-0.2, -0.15) is 0 Å². The van der Waals surface area contributed by atoms with Crippen molar-refractivity contribution in [1.82, 2.24) is 14.9 Å². The Hall–Kier alpha value is -2.15. The highest BCUT2D eigenvalue weighted by molar-refractivity contribution is 6.08. The van der Waals surface area contributed by atoms with Gasteiger partial charge in [0.15, 0.2) is 11.2 Å². The number of ether oxygens (including phenoxy) is 2. The molecular formula is C20H23N3O3. The first-order chi connectivity index (χ1) is 12.7. The third kappa shape index (κ3) is 2.48. The Kier molecular flexibility index (Phi) is 3.67. The molecule has 2 N–H and O–H groups in total. The van der Waals surface area contributed by atoms with E-state index < -0.39 is 0 Å². The van der Waals surface area contributed by atoms with Crippen molar-refractivity contribution in [3.8, 4) is 0 Å². The Bertz CT molecular complexity index is 1020. The van der Waals surface area contributed by atoms with E-state index in [2.05, 4.69) is 20.9 Å². The summed E-state index contributed by atoms with van der Waals surface area (Å²) in [7, 11) is 0. The maximum Gasteiger partial charge on any atom is 0.185 e. The monoisotopic (exact) mass is 353 g/mol. The number of aromatic nitrogens is 2. The zero-order valence-electron chi connectivity index (χ0n) is 14.9. The summed E-state index contributed by atoms with van der Waals surface area (Å²) in [5, 5.41) is 2.27. The number of benzene rings is 1. The van der Waals surface area contributed by atoms with Gasteiger partial charge in [0, 0.05) is 60.7 Å². The third-order valence-electron chi connectivity index (χ3n) is 5.82. The summed E-state index contributed by atoms with van der Waals surface area (Å²) in [6, 6.07) is 5.70. The molecule has 2 aliphatic heterocycles. The SMILES string of the molecule is Cc1[nH]ccc2c1[nH]c1c(CN3CCC4(CC3)OCCO4)c(=O)ccc12. The molecule has 0 bridgehead atoms. The zero-order valence-corrected chi connectivity index (χ0v) is 14.9. The van der Waals surface area contributed by atoms with Crippen molar-refractivity contribution in [3.05, 3.63) is 45.9 Å². The summed E-state index contributed by atoms with van der Waals surface area (Å²) in [4.78, 5) is 21.7. The maximum atomic E-state index is 12.6. The van der Waals surface area contributed by atoms with Crippen molar-refractivity contribution in [1.29, 1.82) is 0 Å². The summed E-state index contributed by atoms with van der Waals surface area (Å²) >= 11 is 0. The van der Waals surface area contributed by atoms with Crippen LogP contribution in [-0.2, 0) is 16.0 Å². The van der Waals surface area contributed by atoms with Gasteiger partial charge in [-0.05, 0) is 25.1 Å². The number of likely N-dealkylation sites (tertiary alicyclic amines) is 1. The Morgan fingerprint density at radius 3 is 2.58 bits per heavy atom. The third-order valence-corrected chi connectivity index (χ3v) is 5.82. The fourth-order valence-electron chi connectivity index (χ4n) is 4.33. The molecule has 2 saturated heterocycles. The minimum atomic E-state index is -0.378. The lowest BCUT2D eigenvalue weighted by Gasteiger charge is -2.37. The molecule has 0 radical (unpaired) electrons. The van der Waals surface area contributed by atoms with Crippen LogP contribution in [0.25, 0.3) is 21.8 Å². The molecule has 0 atom stereocenters. The van der Waals surface area contributed by atoms with E-state index >= 15 is 0 Å². The van der Waals surface area contributed by atoms with Gasteiger partial charge in [0.05, 0.1) is 24.2 Å². The molecule has 3 aromatic rings. The molecule has 0 aliphatic carbocycles. The van der Waals surface area contributed by atoms with Crippen LogP contribution < -0.4 is 5.43 Å². The molecule has 0 unspecified atom stereocenters. The molecule has 1 spiro atoms. The molecule has 1 aromatic carbocycles. The smallest absolute Gasteiger partial charge is 0.185 e. The van der Waals surface area contributed by atoms with E-state index in [4.69, 9.17) is 9.47 Å². The van der Waals surface area contributed by atoms with E-state index in [1.165, 1.54) is 0 Å². The minimum absolute atomic E-state index is 0.0966. The van der Waals surface area contributed by atoms with Crippen molar-refractivity contribution < 1.29 is 9.47 Å². The first-order valence-corrected chi connectivity index (χ1v) is 9.27. The van der Waals surface area contributed by atoms with Gasteiger partial charge in [0.25, 0.3) is 0 Å². The van der Waals surface area contributed by atoms with Crippen LogP contribution in [-0.4, -0.2) is 47.0 Å². The van der Waals surface area contributed by atoms with Gasteiger partial charge in [0.1, 0.15) is 0 Å². The largest absolute Gasteiger partial charge is 0.364 e. The number of hydrogen-bond acceptors (Lipinski definition) is 4. The van der Waals surface area contributed by atoms with Crippen LogP contribution in [0.4, 0.5) is 0 Å². The quantitative estimate of drug-likeness (QED) is 0.743. The van der Waals surface area contributed by atoms with Gasteiger partial charge in [-0.3, -0.25) is 9.69 Å². The van der Waals surface area contributed by atoms with Gasteiger partial charge < -0.3 is 19.4 Å². The van der Waals surface area contributed by atoms with Crippen molar-refractivity contribution in [3.63, 3.8) is 0 Å². The summed E-state index contributed by atoms with van der Waals surface area (Å²) in [6.07, 6.45) is 3.66. The molecule has 136 valence electrons. The molecular weight excluding hydrogens is 330 g/mol. The van der Waals surface area contributed by atoms with Crippen molar-refractivity contribution >= 4 is 21.8 Å². The lowest BCUT2D eigenvalue weighted by molar-refractivity contribution is -0.185. The fourth-order valence-corrected chi connectivity index (χ4v) is 4.33. The first-order valence-electron chi connectivity index (χ1n) is 9.27. The molecule has 2 fully saturated rings. The molecule has 4 heterocycles. The van der Waals surface area contributed by atoms with E-state index in [1.54, 1.807) is 6.07 Å². The van der Waals surface area contributed by atoms with Crippen LogP contribution in [0.2, 0.25) is 0 Å². The Labute approximate surface area is 151 Å². The zero-order chi connectivity index (χ0) is 17.7. The average molecular weight is 353 g/mol. The van der Waals surface area contributed by atoms with Crippen LogP contribution in [0.3, 0.4) is 0 Å².